The van der Waals surface area contributed by atoms with Crippen molar-refractivity contribution in [2.75, 3.05) is 0 Å². The first-order valence-electron chi connectivity index (χ1n) is 4.38. The van der Waals surface area contributed by atoms with Crippen molar-refractivity contribution < 1.29 is 8.78 Å². The number of benzene rings is 1. The molecule has 1 fully saturated rings. The van der Waals surface area contributed by atoms with E-state index in [-0.39, 0.29) is 12.2 Å². The lowest BCUT2D eigenvalue weighted by atomic mass is 10.0. The Morgan fingerprint density at radius 2 is 1.79 bits per heavy atom. The van der Waals surface area contributed by atoms with E-state index in [0.717, 1.165) is 6.07 Å². The molecule has 76 valence electrons. The van der Waals surface area contributed by atoms with E-state index in [1.807, 2.05) is 0 Å². The average Bonchev–Trinajstić information content (AvgIpc) is 2.50. The number of hydrogen-bond acceptors (Lipinski definition) is 3. The number of rotatable bonds is 1. The molecule has 0 aromatic heterocycles. The zero-order chi connectivity index (χ0) is 10.1. The van der Waals surface area contributed by atoms with Crippen LogP contribution in [0.25, 0.3) is 0 Å². The molecule has 3 nitrogen and oxygen atoms in total. The van der Waals surface area contributed by atoms with E-state index in [1.54, 1.807) is 0 Å². The molecule has 0 saturated carbocycles. The number of nitrogens with one attached hydrogen (secondary N) is 2. The van der Waals surface area contributed by atoms with Crippen molar-refractivity contribution in [3.63, 3.8) is 0 Å². The Labute approximate surface area is 80.3 Å². The summed E-state index contributed by atoms with van der Waals surface area (Å²) in [4.78, 5) is 0. The molecular formula is C9H11F2N3. The summed E-state index contributed by atoms with van der Waals surface area (Å²) in [5.41, 5.74) is 11.8. The average molecular weight is 199 g/mol. The Hall–Kier alpha value is -1.04. The molecule has 5 heteroatoms. The van der Waals surface area contributed by atoms with Gasteiger partial charge in [-0.3, -0.25) is 0 Å². The van der Waals surface area contributed by atoms with Gasteiger partial charge < -0.3 is 5.73 Å². The van der Waals surface area contributed by atoms with E-state index in [1.165, 1.54) is 12.1 Å². The lowest BCUT2D eigenvalue weighted by Crippen LogP contribution is -2.36. The first-order valence-corrected chi connectivity index (χ1v) is 4.38. The van der Waals surface area contributed by atoms with Crippen LogP contribution in [0.4, 0.5) is 8.78 Å². The lowest BCUT2D eigenvalue weighted by molar-refractivity contribution is 0.540. The fraction of sp³-hybridized carbons (Fsp3) is 0.333. The van der Waals surface area contributed by atoms with E-state index in [9.17, 15) is 8.78 Å². The van der Waals surface area contributed by atoms with Crippen LogP contribution in [0.5, 0.6) is 0 Å². The van der Waals surface area contributed by atoms with Crippen molar-refractivity contribution in [1.29, 1.82) is 0 Å². The van der Waals surface area contributed by atoms with Crippen molar-refractivity contribution in [2.45, 2.75) is 18.6 Å². The van der Waals surface area contributed by atoms with E-state index >= 15 is 0 Å². The summed E-state index contributed by atoms with van der Waals surface area (Å²) >= 11 is 0. The Bertz CT molecular complexity index is 323. The molecule has 1 heterocycles. The lowest BCUT2D eigenvalue weighted by Gasteiger charge is -2.09. The molecule has 1 aliphatic heterocycles. The zero-order valence-electron chi connectivity index (χ0n) is 7.43. The molecule has 0 spiro atoms. The van der Waals surface area contributed by atoms with E-state index in [4.69, 9.17) is 5.73 Å². The highest BCUT2D eigenvalue weighted by Crippen LogP contribution is 2.22. The molecule has 2 atom stereocenters. The molecule has 2 rings (SSSR count). The van der Waals surface area contributed by atoms with Crippen molar-refractivity contribution in [3.05, 3.63) is 35.4 Å². The van der Waals surface area contributed by atoms with E-state index in [2.05, 4.69) is 10.9 Å². The van der Waals surface area contributed by atoms with Crippen LogP contribution >= 0.6 is 0 Å². The molecular weight excluding hydrogens is 188 g/mol. The third-order valence-electron chi connectivity index (χ3n) is 2.22. The van der Waals surface area contributed by atoms with Crippen molar-refractivity contribution in [3.8, 4) is 0 Å². The smallest absolute Gasteiger partial charge is 0.126 e. The van der Waals surface area contributed by atoms with Gasteiger partial charge in [-0.15, -0.1) is 0 Å². The maximum absolute atomic E-state index is 12.9. The predicted octanol–water partition coefficient (Wildman–Crippen LogP) is 0.789. The Morgan fingerprint density at radius 3 is 2.29 bits per heavy atom. The Kier molecular flexibility index (Phi) is 2.45. The van der Waals surface area contributed by atoms with Crippen LogP contribution in [-0.2, 0) is 0 Å². The van der Waals surface area contributed by atoms with Gasteiger partial charge in [0.05, 0.1) is 6.17 Å². The standard InChI is InChI=1S/C9H11F2N3/c10-6-1-5(2-7(11)3-6)8-4-9(12)14-13-8/h1-3,8-9,13-14H,4,12H2. The van der Waals surface area contributed by atoms with Gasteiger partial charge in [-0.05, 0) is 24.1 Å². The third-order valence-corrected chi connectivity index (χ3v) is 2.22. The van der Waals surface area contributed by atoms with Gasteiger partial charge in [-0.25, -0.2) is 19.6 Å². The van der Waals surface area contributed by atoms with Gasteiger partial charge in [0.25, 0.3) is 0 Å². The molecule has 2 unspecified atom stereocenters. The van der Waals surface area contributed by atoms with Crippen LogP contribution in [0.1, 0.15) is 18.0 Å². The van der Waals surface area contributed by atoms with Gasteiger partial charge >= 0.3 is 0 Å². The van der Waals surface area contributed by atoms with Crippen molar-refractivity contribution in [1.82, 2.24) is 10.9 Å². The minimum absolute atomic E-state index is 0.129. The second-order valence-corrected chi connectivity index (χ2v) is 3.39. The SMILES string of the molecule is NC1CC(c2cc(F)cc(F)c2)NN1. The van der Waals surface area contributed by atoms with Gasteiger partial charge in [0.2, 0.25) is 0 Å². The molecule has 1 saturated heterocycles. The highest BCUT2D eigenvalue weighted by molar-refractivity contribution is 5.22. The summed E-state index contributed by atoms with van der Waals surface area (Å²) in [6, 6.07) is 3.34. The minimum atomic E-state index is -0.567. The number of hydrogen-bond donors (Lipinski definition) is 3. The molecule has 0 amide bonds. The van der Waals surface area contributed by atoms with Gasteiger partial charge in [0, 0.05) is 12.1 Å². The molecule has 0 bridgehead atoms. The van der Waals surface area contributed by atoms with Gasteiger partial charge in [0.15, 0.2) is 0 Å². The van der Waals surface area contributed by atoms with Crippen molar-refractivity contribution >= 4 is 0 Å². The number of halogens is 2. The summed E-state index contributed by atoms with van der Waals surface area (Å²) < 4.78 is 25.7. The molecule has 1 aliphatic rings. The summed E-state index contributed by atoms with van der Waals surface area (Å²) in [5.74, 6) is -1.13. The third kappa shape index (κ3) is 1.89. The fourth-order valence-electron chi connectivity index (χ4n) is 1.58. The first-order chi connectivity index (χ1) is 6.65. The maximum atomic E-state index is 12.9. The van der Waals surface area contributed by atoms with Crippen molar-refractivity contribution in [2.24, 2.45) is 5.73 Å². The summed E-state index contributed by atoms with van der Waals surface area (Å²) in [6.07, 6.45) is 0.439. The molecule has 1 aromatic carbocycles. The molecule has 1 aromatic rings. The normalized spacial score (nSPS) is 26.8. The molecule has 4 N–H and O–H groups in total. The highest BCUT2D eigenvalue weighted by atomic mass is 19.1. The summed E-state index contributed by atoms with van der Waals surface area (Å²) in [6.45, 7) is 0. The highest BCUT2D eigenvalue weighted by Gasteiger charge is 2.22. The Morgan fingerprint density at radius 1 is 1.14 bits per heavy atom. The maximum Gasteiger partial charge on any atom is 0.126 e. The van der Waals surface area contributed by atoms with Crippen LogP contribution in [0.2, 0.25) is 0 Å². The fourth-order valence-corrected chi connectivity index (χ4v) is 1.58. The molecule has 14 heavy (non-hydrogen) atoms. The van der Waals surface area contributed by atoms with Gasteiger partial charge in [-0.1, -0.05) is 0 Å². The summed E-state index contributed by atoms with van der Waals surface area (Å²) in [5, 5.41) is 0. The van der Waals surface area contributed by atoms with E-state index < -0.39 is 11.6 Å². The van der Waals surface area contributed by atoms with Crippen LogP contribution in [-0.4, -0.2) is 6.17 Å². The van der Waals surface area contributed by atoms with Crippen LogP contribution in [0, 0.1) is 11.6 Å². The van der Waals surface area contributed by atoms with Crippen LogP contribution in [0.3, 0.4) is 0 Å². The second kappa shape index (κ2) is 3.61. The van der Waals surface area contributed by atoms with E-state index in [0.29, 0.717) is 12.0 Å². The molecule has 0 aliphatic carbocycles. The van der Waals surface area contributed by atoms with Gasteiger partial charge in [0.1, 0.15) is 11.6 Å². The minimum Gasteiger partial charge on any atom is -0.315 e. The first kappa shape index (κ1) is 9.51. The van der Waals surface area contributed by atoms with Crippen LogP contribution in [0.15, 0.2) is 18.2 Å². The largest absolute Gasteiger partial charge is 0.315 e. The number of nitrogens with two attached hydrogens (primary N) is 1. The topological polar surface area (TPSA) is 50.1 Å². The molecule has 0 radical (unpaired) electrons. The number of hydrazine groups is 1. The Balaban J connectivity index is 2.23. The summed E-state index contributed by atoms with van der Waals surface area (Å²) in [7, 11) is 0. The quantitative estimate of drug-likeness (QED) is 0.626. The predicted molar refractivity (Wildman–Crippen MR) is 48.0 cm³/mol. The van der Waals surface area contributed by atoms with Crippen LogP contribution < -0.4 is 16.6 Å². The monoisotopic (exact) mass is 199 g/mol. The zero-order valence-corrected chi connectivity index (χ0v) is 7.43. The van der Waals surface area contributed by atoms with Gasteiger partial charge in [-0.2, -0.15) is 0 Å². The second-order valence-electron chi connectivity index (χ2n) is 3.39.